The summed E-state index contributed by atoms with van der Waals surface area (Å²) in [6.07, 6.45) is 1.73. The van der Waals surface area contributed by atoms with E-state index in [-0.39, 0.29) is 0 Å². The molecule has 0 amide bonds. The van der Waals surface area contributed by atoms with Crippen LogP contribution in [0.25, 0.3) is 5.69 Å². The van der Waals surface area contributed by atoms with Gasteiger partial charge in [0, 0.05) is 28.7 Å². The van der Waals surface area contributed by atoms with Gasteiger partial charge < -0.3 is 8.98 Å². The standard InChI is InChI=1S/C20H18ClN3O/c1-12-9-16(11-23-20-17(10-22)13(2)15(4)25-20)14(3)24(12)19-8-6-5-7-18(19)21/h5-9,11H,1-4H3. The van der Waals surface area contributed by atoms with Gasteiger partial charge in [-0.05, 0) is 45.9 Å². The zero-order valence-corrected chi connectivity index (χ0v) is 15.3. The lowest BCUT2D eigenvalue weighted by Gasteiger charge is -2.11. The molecule has 126 valence electrons. The minimum absolute atomic E-state index is 0.347. The van der Waals surface area contributed by atoms with Crippen LogP contribution in [0.15, 0.2) is 39.7 Å². The van der Waals surface area contributed by atoms with Crippen molar-refractivity contribution < 1.29 is 4.42 Å². The third kappa shape index (κ3) is 2.99. The number of para-hydroxylation sites is 1. The van der Waals surface area contributed by atoms with Crippen LogP contribution in [0, 0.1) is 39.0 Å². The summed E-state index contributed by atoms with van der Waals surface area (Å²) in [6.45, 7) is 7.73. The minimum Gasteiger partial charge on any atom is -0.442 e. The molecule has 0 fully saturated rings. The Morgan fingerprint density at radius 1 is 1.20 bits per heavy atom. The van der Waals surface area contributed by atoms with Crippen molar-refractivity contribution in [2.24, 2.45) is 4.99 Å². The van der Waals surface area contributed by atoms with Crippen LogP contribution in [-0.4, -0.2) is 10.8 Å². The Bertz CT molecular complexity index is 1020. The quantitative estimate of drug-likeness (QED) is 0.578. The molecule has 2 heterocycles. The molecule has 0 bridgehead atoms. The second-order valence-electron chi connectivity index (χ2n) is 5.95. The van der Waals surface area contributed by atoms with Gasteiger partial charge in [-0.15, -0.1) is 0 Å². The fraction of sp³-hybridized carbons (Fsp3) is 0.200. The lowest BCUT2D eigenvalue weighted by Crippen LogP contribution is -2.00. The summed E-state index contributed by atoms with van der Waals surface area (Å²) >= 11 is 6.34. The third-order valence-electron chi connectivity index (χ3n) is 4.36. The lowest BCUT2D eigenvalue weighted by molar-refractivity contribution is 0.542. The van der Waals surface area contributed by atoms with Crippen LogP contribution in [0.1, 0.15) is 33.8 Å². The number of aromatic nitrogens is 1. The van der Waals surface area contributed by atoms with Crippen LogP contribution >= 0.6 is 11.6 Å². The van der Waals surface area contributed by atoms with Gasteiger partial charge in [0.25, 0.3) is 0 Å². The van der Waals surface area contributed by atoms with Gasteiger partial charge in [0.1, 0.15) is 17.4 Å². The van der Waals surface area contributed by atoms with Gasteiger partial charge in [-0.25, -0.2) is 4.99 Å². The first-order valence-corrected chi connectivity index (χ1v) is 8.29. The van der Waals surface area contributed by atoms with E-state index in [0.717, 1.165) is 28.2 Å². The fourth-order valence-electron chi connectivity index (χ4n) is 2.88. The maximum Gasteiger partial charge on any atom is 0.237 e. The number of halogens is 1. The molecule has 3 aromatic rings. The molecule has 0 unspecified atom stereocenters. The van der Waals surface area contributed by atoms with E-state index in [9.17, 15) is 5.26 Å². The largest absolute Gasteiger partial charge is 0.442 e. The van der Waals surface area contributed by atoms with Gasteiger partial charge in [0.2, 0.25) is 5.88 Å². The molecule has 0 aliphatic heterocycles. The van der Waals surface area contributed by atoms with Gasteiger partial charge in [-0.1, -0.05) is 23.7 Å². The average molecular weight is 352 g/mol. The molecule has 0 N–H and O–H groups in total. The van der Waals surface area contributed by atoms with E-state index in [0.29, 0.717) is 22.2 Å². The summed E-state index contributed by atoms with van der Waals surface area (Å²) in [5, 5.41) is 9.98. The molecule has 25 heavy (non-hydrogen) atoms. The number of nitrogens with zero attached hydrogens (tertiary/aromatic N) is 3. The molecular formula is C20H18ClN3O. The smallest absolute Gasteiger partial charge is 0.237 e. The van der Waals surface area contributed by atoms with Gasteiger partial charge in [-0.3, -0.25) is 0 Å². The average Bonchev–Trinajstić information content (AvgIpc) is 3.02. The topological polar surface area (TPSA) is 54.2 Å². The van der Waals surface area contributed by atoms with E-state index in [1.54, 1.807) is 6.21 Å². The van der Waals surface area contributed by atoms with Crippen molar-refractivity contribution in [3.05, 3.63) is 69.2 Å². The van der Waals surface area contributed by atoms with Gasteiger partial charge >= 0.3 is 0 Å². The molecule has 5 heteroatoms. The summed E-state index contributed by atoms with van der Waals surface area (Å²) < 4.78 is 7.68. The molecule has 0 atom stereocenters. The van der Waals surface area contributed by atoms with Gasteiger partial charge in [0.05, 0.1) is 10.7 Å². The first-order valence-electron chi connectivity index (χ1n) is 7.92. The minimum atomic E-state index is 0.347. The highest BCUT2D eigenvalue weighted by molar-refractivity contribution is 6.32. The molecule has 3 rings (SSSR count). The van der Waals surface area contributed by atoms with E-state index in [2.05, 4.69) is 15.6 Å². The molecule has 0 radical (unpaired) electrons. The summed E-state index contributed by atoms with van der Waals surface area (Å²) in [5.41, 5.74) is 5.27. The van der Waals surface area contributed by atoms with Crippen LogP contribution in [-0.2, 0) is 0 Å². The van der Waals surface area contributed by atoms with Crippen molar-refractivity contribution in [1.29, 1.82) is 5.26 Å². The molecule has 0 saturated heterocycles. The Morgan fingerprint density at radius 3 is 2.60 bits per heavy atom. The monoisotopic (exact) mass is 351 g/mol. The SMILES string of the molecule is Cc1oc(N=Cc2cc(C)n(-c3ccccc3Cl)c2C)c(C#N)c1C. The number of nitriles is 1. The number of benzene rings is 1. The summed E-state index contributed by atoms with van der Waals surface area (Å²) in [5.74, 6) is 1.06. The normalized spacial score (nSPS) is 11.2. The van der Waals surface area contributed by atoms with E-state index in [1.807, 2.05) is 58.0 Å². The third-order valence-corrected chi connectivity index (χ3v) is 4.68. The molecule has 4 nitrogen and oxygen atoms in total. The van der Waals surface area contributed by atoms with Crippen LogP contribution in [0.2, 0.25) is 5.02 Å². The molecule has 0 saturated carbocycles. The number of hydrogen-bond donors (Lipinski definition) is 0. The molecule has 1 aromatic carbocycles. The van der Waals surface area contributed by atoms with E-state index < -0.39 is 0 Å². The fourth-order valence-corrected chi connectivity index (χ4v) is 3.10. The second kappa shape index (κ2) is 6.62. The zero-order chi connectivity index (χ0) is 18.1. The second-order valence-corrected chi connectivity index (χ2v) is 6.35. The van der Waals surface area contributed by atoms with Crippen molar-refractivity contribution in [1.82, 2.24) is 4.57 Å². The van der Waals surface area contributed by atoms with E-state index in [1.165, 1.54) is 0 Å². The van der Waals surface area contributed by atoms with Gasteiger partial charge in [0.15, 0.2) is 0 Å². The maximum atomic E-state index is 9.29. The van der Waals surface area contributed by atoms with E-state index >= 15 is 0 Å². The van der Waals surface area contributed by atoms with Crippen LogP contribution in [0.3, 0.4) is 0 Å². The maximum absolute atomic E-state index is 9.29. The van der Waals surface area contributed by atoms with Crippen LogP contribution in [0.4, 0.5) is 5.88 Å². The predicted molar refractivity (Wildman–Crippen MR) is 100 cm³/mol. The Kier molecular flexibility index (Phi) is 4.52. The first-order chi connectivity index (χ1) is 11.9. The summed E-state index contributed by atoms with van der Waals surface area (Å²) in [4.78, 5) is 4.40. The highest BCUT2D eigenvalue weighted by Crippen LogP contribution is 2.29. The highest BCUT2D eigenvalue weighted by Gasteiger charge is 2.15. The number of hydrogen-bond acceptors (Lipinski definition) is 3. The number of aryl methyl sites for hydroxylation is 2. The van der Waals surface area contributed by atoms with Crippen LogP contribution < -0.4 is 0 Å². The molecule has 0 aliphatic rings. The Balaban J connectivity index is 2.04. The van der Waals surface area contributed by atoms with Crippen molar-refractivity contribution in [3.63, 3.8) is 0 Å². The first kappa shape index (κ1) is 17.1. The van der Waals surface area contributed by atoms with Crippen molar-refractivity contribution in [3.8, 4) is 11.8 Å². The zero-order valence-electron chi connectivity index (χ0n) is 14.6. The molecule has 0 aliphatic carbocycles. The lowest BCUT2D eigenvalue weighted by atomic mass is 10.2. The number of aliphatic imine (C=N–C) groups is 1. The Labute approximate surface area is 152 Å². The van der Waals surface area contributed by atoms with Crippen molar-refractivity contribution >= 4 is 23.7 Å². The van der Waals surface area contributed by atoms with Crippen molar-refractivity contribution in [2.75, 3.05) is 0 Å². The molecule has 0 spiro atoms. The Morgan fingerprint density at radius 2 is 1.92 bits per heavy atom. The summed E-state index contributed by atoms with van der Waals surface area (Å²) in [6, 6.07) is 11.9. The van der Waals surface area contributed by atoms with Crippen LogP contribution in [0.5, 0.6) is 0 Å². The molecule has 2 aromatic heterocycles. The highest BCUT2D eigenvalue weighted by atomic mass is 35.5. The summed E-state index contributed by atoms with van der Waals surface area (Å²) in [7, 11) is 0. The predicted octanol–water partition coefficient (Wildman–Crippen LogP) is 5.58. The Hall–Kier alpha value is -2.77. The van der Waals surface area contributed by atoms with Gasteiger partial charge in [-0.2, -0.15) is 5.26 Å². The van der Waals surface area contributed by atoms with E-state index in [4.69, 9.17) is 16.0 Å². The number of rotatable bonds is 3. The number of furan rings is 1. The molecular weight excluding hydrogens is 334 g/mol. The van der Waals surface area contributed by atoms with Crippen molar-refractivity contribution in [2.45, 2.75) is 27.7 Å².